The van der Waals surface area contributed by atoms with Crippen molar-refractivity contribution in [3.05, 3.63) is 66.9 Å². The van der Waals surface area contributed by atoms with Gasteiger partial charge in [-0.3, -0.25) is 14.2 Å². The molecular weight excluding hydrogens is 919 g/mol. The number of fused-ring (bicyclic) bond motifs is 5. The number of thiazole rings is 1. The molecule has 2 N–H and O–H groups in total. The number of ether oxygens (including phenoxy) is 6. The summed E-state index contributed by atoms with van der Waals surface area (Å²) in [4.78, 5) is 46.5. The molecule has 0 bridgehead atoms. The number of aromatic nitrogens is 1. The minimum absolute atomic E-state index is 0.0165. The Morgan fingerprint density at radius 1 is 0.719 bits per heavy atom. The van der Waals surface area contributed by atoms with Gasteiger partial charge in [-0.15, -0.1) is 45.3 Å². The monoisotopic (exact) mass is 955 g/mol. The SMILES string of the molecule is CCCCCCN1c2ccccc2Sc2cc(-c3sc(-c4sc(-c5sc(/C=c6/s/c(=C(\C#N)C(=O)O)n(CC(=O)O)c6=O)c6c5OCCO6)c5c4OCCO5)c4c3OCCO4)ccc21. The van der Waals surface area contributed by atoms with Gasteiger partial charge in [-0.25, -0.2) is 4.79 Å². The number of hydrogen-bond donors (Lipinski definition) is 2. The Labute approximate surface area is 385 Å². The lowest BCUT2D eigenvalue weighted by molar-refractivity contribution is -0.138. The number of para-hydroxylation sites is 1. The van der Waals surface area contributed by atoms with Crippen LogP contribution in [0.4, 0.5) is 11.4 Å². The molecule has 0 spiro atoms. The van der Waals surface area contributed by atoms with Crippen molar-refractivity contribution >= 4 is 92.1 Å². The van der Waals surface area contributed by atoms with Crippen LogP contribution in [0.3, 0.4) is 0 Å². The fraction of sp³-hybridized carbons (Fsp3) is 0.289. The van der Waals surface area contributed by atoms with E-state index in [4.69, 9.17) is 28.4 Å². The molecule has 2 aromatic carbocycles. The van der Waals surface area contributed by atoms with Crippen LogP contribution < -0.4 is 48.1 Å². The second-order valence-electron chi connectivity index (χ2n) is 14.8. The molecule has 4 aliphatic heterocycles. The van der Waals surface area contributed by atoms with E-state index in [0.717, 1.165) is 49.1 Å². The van der Waals surface area contributed by atoms with Crippen molar-refractivity contribution in [1.82, 2.24) is 4.57 Å². The fourth-order valence-corrected chi connectivity index (χ4v) is 14.0. The van der Waals surface area contributed by atoms with Gasteiger partial charge in [-0.05, 0) is 42.3 Å². The summed E-state index contributed by atoms with van der Waals surface area (Å²) in [7, 11) is 0. The third-order valence-corrected chi connectivity index (χ3v) is 16.8. The zero-order chi connectivity index (χ0) is 44.1. The van der Waals surface area contributed by atoms with E-state index in [-0.39, 0.29) is 22.4 Å². The van der Waals surface area contributed by atoms with E-state index in [9.17, 15) is 29.9 Å². The highest BCUT2D eigenvalue weighted by atomic mass is 32.2. The Morgan fingerprint density at radius 3 is 1.92 bits per heavy atom. The second-order valence-corrected chi connectivity index (χ2v) is 20.0. The predicted molar refractivity (Wildman–Crippen MR) is 247 cm³/mol. The third kappa shape index (κ3) is 7.46. The van der Waals surface area contributed by atoms with E-state index in [1.807, 2.05) is 0 Å². The van der Waals surface area contributed by atoms with Gasteiger partial charge in [0.25, 0.3) is 5.56 Å². The Balaban J connectivity index is 1.08. The van der Waals surface area contributed by atoms with Crippen molar-refractivity contribution in [2.24, 2.45) is 0 Å². The van der Waals surface area contributed by atoms with Crippen molar-refractivity contribution in [3.63, 3.8) is 0 Å². The highest BCUT2D eigenvalue weighted by molar-refractivity contribution is 7.99. The molecule has 0 fully saturated rings. The number of carboxylic acids is 2. The molecule has 64 heavy (non-hydrogen) atoms. The van der Waals surface area contributed by atoms with Crippen LogP contribution in [-0.2, 0) is 16.1 Å². The quantitative estimate of drug-likeness (QED) is 0.112. The molecule has 19 heteroatoms. The Morgan fingerprint density at radius 2 is 1.30 bits per heavy atom. The largest absolute Gasteiger partial charge is 0.485 e. The third-order valence-electron chi connectivity index (χ3n) is 10.8. The number of nitriles is 1. The first-order chi connectivity index (χ1) is 31.2. The number of unbranched alkanes of at least 4 members (excludes halogenated alkanes) is 3. The van der Waals surface area contributed by atoms with Crippen LogP contribution >= 0.6 is 57.1 Å². The summed E-state index contributed by atoms with van der Waals surface area (Å²) in [6, 6.07) is 16.8. The number of aliphatic carboxylic acids is 2. The number of anilines is 2. The molecule has 0 aliphatic carbocycles. The minimum Gasteiger partial charge on any atom is -0.485 e. The van der Waals surface area contributed by atoms with Gasteiger partial charge in [-0.2, -0.15) is 5.26 Å². The Bertz CT molecular complexity index is 3100. The summed E-state index contributed by atoms with van der Waals surface area (Å²) in [5.41, 5.74) is 1.93. The summed E-state index contributed by atoms with van der Waals surface area (Å²) in [5.74, 6) is 0.250. The van der Waals surface area contributed by atoms with Crippen LogP contribution in [0.5, 0.6) is 34.5 Å². The minimum atomic E-state index is -1.58. The topological polar surface area (TPSA) is 179 Å². The van der Waals surface area contributed by atoms with Gasteiger partial charge in [0.05, 0.1) is 45.2 Å². The Kier molecular flexibility index (Phi) is 11.6. The van der Waals surface area contributed by atoms with Crippen molar-refractivity contribution in [1.29, 1.82) is 5.26 Å². The van der Waals surface area contributed by atoms with Gasteiger partial charge in [0, 0.05) is 16.3 Å². The number of carboxylic acid groups (broad SMARTS) is 2. The van der Waals surface area contributed by atoms with Crippen molar-refractivity contribution in [2.75, 3.05) is 51.1 Å². The first-order valence-electron chi connectivity index (χ1n) is 20.5. The molecule has 0 saturated heterocycles. The van der Waals surface area contributed by atoms with Gasteiger partial charge < -0.3 is 43.5 Å². The highest BCUT2D eigenvalue weighted by Gasteiger charge is 2.37. The maximum atomic E-state index is 13.6. The lowest BCUT2D eigenvalue weighted by Gasteiger charge is -2.33. The van der Waals surface area contributed by atoms with Gasteiger partial charge in [0.1, 0.15) is 56.9 Å². The molecule has 6 aromatic rings. The first-order valence-corrected chi connectivity index (χ1v) is 24.6. The summed E-state index contributed by atoms with van der Waals surface area (Å²) in [6.07, 6.45) is 6.20. The van der Waals surface area contributed by atoms with Crippen molar-refractivity contribution < 1.29 is 48.2 Å². The maximum Gasteiger partial charge on any atom is 0.349 e. The molecule has 0 atom stereocenters. The molecule has 0 radical (unpaired) electrons. The molecule has 10 rings (SSSR count). The van der Waals surface area contributed by atoms with Crippen LogP contribution in [0.2, 0.25) is 0 Å². The molecule has 8 heterocycles. The van der Waals surface area contributed by atoms with Gasteiger partial charge in [0.15, 0.2) is 40.1 Å². The van der Waals surface area contributed by atoms with Gasteiger partial charge in [-0.1, -0.05) is 56.1 Å². The number of carbonyl (C=O) groups is 2. The lowest BCUT2D eigenvalue weighted by Crippen LogP contribution is -2.35. The average Bonchev–Trinajstić information content (AvgIpc) is 4.06. The molecular formula is C45H37N3O11S5. The molecule has 0 amide bonds. The number of thiophene rings is 3. The number of benzene rings is 2. The molecule has 328 valence electrons. The first kappa shape index (κ1) is 42.1. The summed E-state index contributed by atoms with van der Waals surface area (Å²) in [6.45, 7) is 4.24. The number of rotatable bonds is 12. The van der Waals surface area contributed by atoms with E-state index in [1.165, 1.54) is 69.2 Å². The zero-order valence-corrected chi connectivity index (χ0v) is 38.1. The fourth-order valence-electron chi connectivity index (χ4n) is 7.96. The Hall–Kier alpha value is -5.91. The van der Waals surface area contributed by atoms with Crippen molar-refractivity contribution in [3.8, 4) is 70.5 Å². The van der Waals surface area contributed by atoms with Gasteiger partial charge >= 0.3 is 11.9 Å². The molecule has 14 nitrogen and oxygen atoms in total. The lowest BCUT2D eigenvalue weighted by atomic mass is 10.1. The van der Waals surface area contributed by atoms with Crippen LogP contribution in [-0.4, -0.2) is 72.9 Å². The normalized spacial score (nSPS) is 15.3. The molecule has 0 saturated carbocycles. The standard InChI is InChI=1S/C45H37N3O11S5/c1-2-3-4-7-12-47-25-8-5-6-9-27(25)60-28-19-23(10-11-26(28)47)38-34-35(57-16-15-56-34)41(63-38)42-37-36(58-17-18-59-37)40(64-42)39-33-32(54-13-14-55-33)29(61-39)20-30-43(51)48(22-31(49)50)44(62-30)24(21-46)45(52)53/h5-6,8-11,19-20H,2-4,7,12-18,22H2,1H3,(H,49,50)(H,52,53)/b30-20+,44-24+. The predicted octanol–water partition coefficient (Wildman–Crippen LogP) is 8.26. The van der Waals surface area contributed by atoms with E-state index in [1.54, 1.807) is 29.2 Å². The zero-order valence-electron chi connectivity index (χ0n) is 34.1. The van der Waals surface area contributed by atoms with Crippen LogP contribution in [0.15, 0.2) is 57.1 Å². The van der Waals surface area contributed by atoms with E-state index >= 15 is 0 Å². The number of nitrogens with zero attached hydrogens (tertiary/aromatic N) is 3. The second kappa shape index (κ2) is 17.6. The van der Waals surface area contributed by atoms with Crippen LogP contribution in [0.1, 0.15) is 37.5 Å². The van der Waals surface area contributed by atoms with Crippen molar-refractivity contribution in [2.45, 2.75) is 48.9 Å². The average molecular weight is 956 g/mol. The summed E-state index contributed by atoms with van der Waals surface area (Å²) >= 11 is 6.79. The van der Waals surface area contributed by atoms with E-state index in [2.05, 4.69) is 54.3 Å². The highest BCUT2D eigenvalue weighted by Crippen LogP contribution is 2.64. The summed E-state index contributed by atoms with van der Waals surface area (Å²) in [5, 5.41) is 28.8. The molecule has 0 unspecified atom stereocenters. The van der Waals surface area contributed by atoms with Crippen LogP contribution in [0, 0.1) is 11.3 Å². The number of hydrogen-bond acceptors (Lipinski definition) is 16. The smallest absolute Gasteiger partial charge is 0.349 e. The van der Waals surface area contributed by atoms with Gasteiger partial charge in [0.2, 0.25) is 0 Å². The van der Waals surface area contributed by atoms with E-state index < -0.39 is 29.6 Å². The maximum absolute atomic E-state index is 13.6. The molecule has 4 aromatic heterocycles. The summed E-state index contributed by atoms with van der Waals surface area (Å²) < 4.78 is 38.5. The van der Waals surface area contributed by atoms with Crippen LogP contribution in [0.25, 0.3) is 41.6 Å². The molecule has 4 aliphatic rings. The van der Waals surface area contributed by atoms with E-state index in [0.29, 0.717) is 75.6 Å².